The Labute approximate surface area is 126 Å². The molecule has 0 spiro atoms. The van der Waals surface area contributed by atoms with Crippen LogP contribution in [0.3, 0.4) is 0 Å². The second kappa shape index (κ2) is 5.45. The first-order valence-electron chi connectivity index (χ1n) is 7.51. The highest BCUT2D eigenvalue weighted by molar-refractivity contribution is 5.85. The molecule has 0 aromatic heterocycles. The molecule has 1 fully saturated rings. The van der Waals surface area contributed by atoms with Gasteiger partial charge in [0.1, 0.15) is 0 Å². The van der Waals surface area contributed by atoms with Gasteiger partial charge in [-0.25, -0.2) is 0 Å². The molecular formula is C16H22ClNO2. The fraction of sp³-hybridized carbons (Fsp3) is 0.625. The Morgan fingerprint density at radius 2 is 2.15 bits per heavy atom. The van der Waals surface area contributed by atoms with E-state index in [2.05, 4.69) is 24.0 Å². The van der Waals surface area contributed by atoms with Gasteiger partial charge in [0.05, 0.1) is 0 Å². The van der Waals surface area contributed by atoms with Gasteiger partial charge in [-0.2, -0.15) is 0 Å². The maximum atomic E-state index is 5.69. The summed E-state index contributed by atoms with van der Waals surface area (Å²) in [5.41, 5.74) is 2.90. The van der Waals surface area contributed by atoms with Crippen molar-refractivity contribution in [3.05, 3.63) is 23.3 Å². The fourth-order valence-corrected chi connectivity index (χ4v) is 4.11. The molecule has 1 aliphatic carbocycles. The number of benzene rings is 1. The molecule has 0 amide bonds. The zero-order valence-corrected chi connectivity index (χ0v) is 12.7. The summed E-state index contributed by atoms with van der Waals surface area (Å²) >= 11 is 0. The molecular weight excluding hydrogens is 274 g/mol. The van der Waals surface area contributed by atoms with Crippen molar-refractivity contribution in [1.82, 2.24) is 4.90 Å². The van der Waals surface area contributed by atoms with Crippen LogP contribution < -0.4 is 9.47 Å². The molecule has 1 aromatic rings. The average molecular weight is 296 g/mol. The third kappa shape index (κ3) is 2.08. The number of ether oxygens (including phenoxy) is 2. The molecule has 0 bridgehead atoms. The van der Waals surface area contributed by atoms with Crippen molar-refractivity contribution in [3.63, 3.8) is 0 Å². The van der Waals surface area contributed by atoms with E-state index in [0.29, 0.717) is 6.79 Å². The lowest BCUT2D eigenvalue weighted by atomic mass is 9.75. The van der Waals surface area contributed by atoms with Gasteiger partial charge < -0.3 is 14.4 Å². The number of halogens is 1. The molecule has 110 valence electrons. The summed E-state index contributed by atoms with van der Waals surface area (Å²) in [7, 11) is 0. The van der Waals surface area contributed by atoms with E-state index >= 15 is 0 Å². The monoisotopic (exact) mass is 295 g/mol. The fourth-order valence-electron chi connectivity index (χ4n) is 4.11. The van der Waals surface area contributed by atoms with E-state index in [1.165, 1.54) is 49.9 Å². The van der Waals surface area contributed by atoms with Gasteiger partial charge in [-0.15, -0.1) is 12.4 Å². The summed E-state index contributed by atoms with van der Waals surface area (Å²) in [5.74, 6) is 2.78. The minimum Gasteiger partial charge on any atom is -0.454 e. The SMILES string of the molecule is CCN1CCC[C@@H]2Cc3c(ccc4c3OCO4)C[C@H]21.Cl. The minimum atomic E-state index is 0. The summed E-state index contributed by atoms with van der Waals surface area (Å²) in [6.45, 7) is 5.14. The van der Waals surface area contributed by atoms with Crippen molar-refractivity contribution < 1.29 is 9.47 Å². The molecule has 0 N–H and O–H groups in total. The summed E-state index contributed by atoms with van der Waals surface area (Å²) in [4.78, 5) is 2.67. The Morgan fingerprint density at radius 1 is 1.25 bits per heavy atom. The van der Waals surface area contributed by atoms with Crippen LogP contribution in [0.2, 0.25) is 0 Å². The second-order valence-electron chi connectivity index (χ2n) is 5.94. The van der Waals surface area contributed by atoms with Gasteiger partial charge in [0.25, 0.3) is 0 Å². The van der Waals surface area contributed by atoms with E-state index < -0.39 is 0 Å². The maximum absolute atomic E-state index is 5.69. The highest BCUT2D eigenvalue weighted by Crippen LogP contribution is 2.44. The predicted molar refractivity (Wildman–Crippen MR) is 81.0 cm³/mol. The van der Waals surface area contributed by atoms with Gasteiger partial charge in [0.2, 0.25) is 6.79 Å². The molecule has 0 saturated carbocycles. The van der Waals surface area contributed by atoms with Gasteiger partial charge in [0.15, 0.2) is 11.5 Å². The lowest BCUT2D eigenvalue weighted by molar-refractivity contribution is 0.0900. The van der Waals surface area contributed by atoms with E-state index in [9.17, 15) is 0 Å². The van der Waals surface area contributed by atoms with Crippen LogP contribution in [-0.4, -0.2) is 30.8 Å². The standard InChI is InChI=1S/C16H21NO2.ClH/c1-2-17-7-3-4-12-8-13-11(9-14(12)17)5-6-15-16(13)19-10-18-15;/h5-6,12,14H,2-4,7-10H2,1H3;1H/t12-,14-;/m1./s1. The molecule has 1 saturated heterocycles. The molecule has 3 nitrogen and oxygen atoms in total. The van der Waals surface area contributed by atoms with Crippen molar-refractivity contribution in [1.29, 1.82) is 0 Å². The largest absolute Gasteiger partial charge is 0.454 e. The van der Waals surface area contributed by atoms with Crippen molar-refractivity contribution in [2.24, 2.45) is 5.92 Å². The normalized spacial score (nSPS) is 27.4. The molecule has 0 unspecified atom stereocenters. The predicted octanol–water partition coefficient (Wildman–Crippen LogP) is 3.04. The lowest BCUT2D eigenvalue weighted by Gasteiger charge is -2.44. The Kier molecular flexibility index (Phi) is 3.83. The van der Waals surface area contributed by atoms with Crippen LogP contribution in [0, 0.1) is 5.92 Å². The van der Waals surface area contributed by atoms with E-state index in [-0.39, 0.29) is 12.4 Å². The number of piperidine rings is 1. The van der Waals surface area contributed by atoms with Crippen LogP contribution in [0.5, 0.6) is 11.5 Å². The highest BCUT2D eigenvalue weighted by atomic mass is 35.5. The number of likely N-dealkylation sites (tertiary alicyclic amines) is 1. The zero-order valence-electron chi connectivity index (χ0n) is 11.9. The van der Waals surface area contributed by atoms with Gasteiger partial charge in [-0.3, -0.25) is 0 Å². The first kappa shape index (κ1) is 14.0. The summed E-state index contributed by atoms with van der Waals surface area (Å²) in [6, 6.07) is 5.08. The highest BCUT2D eigenvalue weighted by Gasteiger charge is 2.37. The molecule has 20 heavy (non-hydrogen) atoms. The topological polar surface area (TPSA) is 21.7 Å². The first-order valence-corrected chi connectivity index (χ1v) is 7.51. The van der Waals surface area contributed by atoms with E-state index in [0.717, 1.165) is 23.5 Å². The smallest absolute Gasteiger partial charge is 0.231 e. The maximum Gasteiger partial charge on any atom is 0.231 e. The van der Waals surface area contributed by atoms with Crippen LogP contribution in [0.15, 0.2) is 12.1 Å². The van der Waals surface area contributed by atoms with Gasteiger partial charge in [-0.1, -0.05) is 13.0 Å². The van der Waals surface area contributed by atoms with Crippen LogP contribution in [-0.2, 0) is 12.8 Å². The Balaban J connectivity index is 0.00000121. The second-order valence-corrected chi connectivity index (χ2v) is 5.94. The number of hydrogen-bond donors (Lipinski definition) is 0. The van der Waals surface area contributed by atoms with Crippen LogP contribution in [0.25, 0.3) is 0 Å². The Hall–Kier alpha value is -0.930. The van der Waals surface area contributed by atoms with Crippen molar-refractivity contribution in [2.45, 2.75) is 38.6 Å². The van der Waals surface area contributed by atoms with E-state index in [1.54, 1.807) is 0 Å². The number of likely N-dealkylation sites (N-methyl/N-ethyl adjacent to an activating group) is 1. The van der Waals surface area contributed by atoms with Crippen LogP contribution >= 0.6 is 12.4 Å². The number of rotatable bonds is 1. The third-order valence-electron chi connectivity index (χ3n) is 5.07. The van der Waals surface area contributed by atoms with Crippen molar-refractivity contribution in [3.8, 4) is 11.5 Å². The molecule has 0 radical (unpaired) electrons. The Morgan fingerprint density at radius 3 is 3.00 bits per heavy atom. The van der Waals surface area contributed by atoms with Crippen molar-refractivity contribution >= 4 is 12.4 Å². The minimum absolute atomic E-state index is 0. The third-order valence-corrected chi connectivity index (χ3v) is 5.07. The summed E-state index contributed by atoms with van der Waals surface area (Å²) in [5, 5.41) is 0. The molecule has 2 heterocycles. The Bertz CT molecular complexity index is 505. The molecule has 3 aliphatic rings. The average Bonchev–Trinajstić information content (AvgIpc) is 2.93. The van der Waals surface area contributed by atoms with E-state index in [1.807, 2.05) is 0 Å². The molecule has 4 rings (SSSR count). The van der Waals surface area contributed by atoms with Gasteiger partial charge in [-0.05, 0) is 56.3 Å². The van der Waals surface area contributed by atoms with Crippen molar-refractivity contribution in [2.75, 3.05) is 19.9 Å². The number of hydrogen-bond acceptors (Lipinski definition) is 3. The quantitative estimate of drug-likeness (QED) is 0.795. The lowest BCUT2D eigenvalue weighted by Crippen LogP contribution is -2.48. The molecule has 4 heteroatoms. The van der Waals surface area contributed by atoms with Gasteiger partial charge >= 0.3 is 0 Å². The number of nitrogens with zero attached hydrogens (tertiary/aromatic N) is 1. The van der Waals surface area contributed by atoms with Crippen LogP contribution in [0.1, 0.15) is 30.9 Å². The summed E-state index contributed by atoms with van der Waals surface area (Å²) in [6.07, 6.45) is 5.06. The summed E-state index contributed by atoms with van der Waals surface area (Å²) < 4.78 is 11.2. The molecule has 2 aliphatic heterocycles. The molecule has 1 aromatic carbocycles. The van der Waals surface area contributed by atoms with Crippen LogP contribution in [0.4, 0.5) is 0 Å². The number of fused-ring (bicyclic) bond motifs is 4. The molecule has 2 atom stereocenters. The van der Waals surface area contributed by atoms with E-state index in [4.69, 9.17) is 9.47 Å². The first-order chi connectivity index (χ1) is 9.36. The zero-order chi connectivity index (χ0) is 12.8. The van der Waals surface area contributed by atoms with Gasteiger partial charge in [0, 0.05) is 11.6 Å².